The van der Waals surface area contributed by atoms with Crippen molar-refractivity contribution < 1.29 is 9.53 Å². The molecule has 0 radical (unpaired) electrons. The van der Waals surface area contributed by atoms with E-state index in [1.165, 1.54) is 7.11 Å². The normalized spacial score (nSPS) is 9.93. The maximum atomic E-state index is 10.8. The number of rotatable bonds is 3. The van der Waals surface area contributed by atoms with Gasteiger partial charge in [0, 0.05) is 18.0 Å². The summed E-state index contributed by atoms with van der Waals surface area (Å²) in [5, 5.41) is 0. The van der Waals surface area contributed by atoms with Gasteiger partial charge >= 0.3 is 0 Å². The van der Waals surface area contributed by atoms with Crippen molar-refractivity contribution in [2.24, 2.45) is 0 Å². The molecule has 15 heavy (non-hydrogen) atoms. The Labute approximate surface area is 86.9 Å². The smallest absolute Gasteiger partial charge is 0.153 e. The minimum absolute atomic E-state index is 0.520. The molecule has 4 nitrogen and oxygen atoms in total. The van der Waals surface area contributed by atoms with Crippen molar-refractivity contribution in [1.29, 1.82) is 0 Å². The first-order valence-corrected chi connectivity index (χ1v) is 4.48. The highest BCUT2D eigenvalue weighted by molar-refractivity contribution is 5.82. The SMILES string of the molecule is COc1ccc(-c2ncc[nH]2)cc1C=O. The van der Waals surface area contributed by atoms with Gasteiger partial charge in [0.15, 0.2) is 6.29 Å². The van der Waals surface area contributed by atoms with Gasteiger partial charge in [-0.05, 0) is 18.2 Å². The fourth-order valence-corrected chi connectivity index (χ4v) is 1.40. The van der Waals surface area contributed by atoms with Crippen LogP contribution < -0.4 is 4.74 Å². The topological polar surface area (TPSA) is 55.0 Å². The standard InChI is InChI=1S/C11H10N2O2/c1-15-10-3-2-8(6-9(10)7-14)11-12-4-5-13-11/h2-7H,1H3,(H,12,13). The molecule has 0 aliphatic rings. The van der Waals surface area contributed by atoms with Crippen LogP contribution in [0.5, 0.6) is 5.75 Å². The average molecular weight is 202 g/mol. The molecule has 1 aromatic heterocycles. The summed E-state index contributed by atoms with van der Waals surface area (Å²) < 4.78 is 5.05. The molecule has 0 aliphatic carbocycles. The molecule has 0 unspecified atom stereocenters. The summed E-state index contributed by atoms with van der Waals surface area (Å²) in [6.45, 7) is 0. The summed E-state index contributed by atoms with van der Waals surface area (Å²) in [6, 6.07) is 5.34. The molecule has 1 heterocycles. The van der Waals surface area contributed by atoms with E-state index in [2.05, 4.69) is 9.97 Å². The van der Waals surface area contributed by atoms with Crippen LogP contribution in [0.2, 0.25) is 0 Å². The van der Waals surface area contributed by atoms with E-state index < -0.39 is 0 Å². The van der Waals surface area contributed by atoms with Gasteiger partial charge < -0.3 is 9.72 Å². The van der Waals surface area contributed by atoms with Gasteiger partial charge in [0.2, 0.25) is 0 Å². The molecule has 1 N–H and O–H groups in total. The van der Waals surface area contributed by atoms with Gasteiger partial charge in [-0.3, -0.25) is 4.79 Å². The van der Waals surface area contributed by atoms with E-state index in [0.717, 1.165) is 17.7 Å². The Kier molecular flexibility index (Phi) is 2.49. The zero-order valence-electron chi connectivity index (χ0n) is 8.23. The van der Waals surface area contributed by atoms with Crippen molar-refractivity contribution in [2.45, 2.75) is 0 Å². The van der Waals surface area contributed by atoms with Crippen LogP contribution in [0.3, 0.4) is 0 Å². The van der Waals surface area contributed by atoms with Crippen LogP contribution in [0, 0.1) is 0 Å². The third-order valence-electron chi connectivity index (χ3n) is 2.13. The van der Waals surface area contributed by atoms with Crippen molar-refractivity contribution >= 4 is 6.29 Å². The largest absolute Gasteiger partial charge is 0.496 e. The molecule has 0 bridgehead atoms. The summed E-state index contributed by atoms with van der Waals surface area (Å²) in [6.07, 6.45) is 4.17. The monoisotopic (exact) mass is 202 g/mol. The van der Waals surface area contributed by atoms with Crippen LogP contribution >= 0.6 is 0 Å². The van der Waals surface area contributed by atoms with E-state index in [1.807, 2.05) is 6.07 Å². The highest BCUT2D eigenvalue weighted by atomic mass is 16.5. The molecule has 0 saturated heterocycles. The van der Waals surface area contributed by atoms with E-state index in [9.17, 15) is 4.79 Å². The maximum Gasteiger partial charge on any atom is 0.153 e. The number of carbonyl (C=O) groups is 1. The molecule has 0 fully saturated rings. The number of nitrogens with one attached hydrogen (secondary N) is 1. The zero-order chi connectivity index (χ0) is 10.7. The number of ether oxygens (including phenoxy) is 1. The Bertz CT molecular complexity index is 463. The first kappa shape index (κ1) is 9.45. The Hall–Kier alpha value is -2.10. The van der Waals surface area contributed by atoms with Crippen LogP contribution in [-0.4, -0.2) is 23.4 Å². The summed E-state index contributed by atoms with van der Waals surface area (Å²) in [4.78, 5) is 17.9. The fourth-order valence-electron chi connectivity index (χ4n) is 1.40. The number of hydrogen-bond acceptors (Lipinski definition) is 3. The highest BCUT2D eigenvalue weighted by Gasteiger charge is 2.05. The second kappa shape index (κ2) is 3.96. The van der Waals surface area contributed by atoms with E-state index in [-0.39, 0.29) is 0 Å². The predicted octanol–water partition coefficient (Wildman–Crippen LogP) is 1.90. The van der Waals surface area contributed by atoms with Crippen molar-refractivity contribution in [3.8, 4) is 17.1 Å². The first-order valence-electron chi connectivity index (χ1n) is 4.48. The van der Waals surface area contributed by atoms with Gasteiger partial charge in [-0.25, -0.2) is 4.98 Å². The Morgan fingerprint density at radius 2 is 2.33 bits per heavy atom. The summed E-state index contributed by atoms with van der Waals surface area (Å²) in [7, 11) is 1.54. The van der Waals surface area contributed by atoms with Crippen molar-refractivity contribution in [3.05, 3.63) is 36.2 Å². The molecular formula is C11H10N2O2. The number of imidazole rings is 1. The predicted molar refractivity (Wildman–Crippen MR) is 56.0 cm³/mol. The van der Waals surface area contributed by atoms with Crippen molar-refractivity contribution in [3.63, 3.8) is 0 Å². The fraction of sp³-hybridized carbons (Fsp3) is 0.0909. The number of carbonyl (C=O) groups excluding carboxylic acids is 1. The van der Waals surface area contributed by atoms with Crippen LogP contribution in [0.25, 0.3) is 11.4 Å². The highest BCUT2D eigenvalue weighted by Crippen LogP contribution is 2.23. The quantitative estimate of drug-likeness (QED) is 0.773. The molecule has 4 heteroatoms. The number of methoxy groups -OCH3 is 1. The molecule has 0 atom stereocenters. The number of benzene rings is 1. The van der Waals surface area contributed by atoms with Crippen molar-refractivity contribution in [1.82, 2.24) is 9.97 Å². The maximum absolute atomic E-state index is 10.8. The van der Waals surface area contributed by atoms with Crippen LogP contribution in [-0.2, 0) is 0 Å². The summed E-state index contributed by atoms with van der Waals surface area (Å²) in [5.41, 5.74) is 1.38. The minimum Gasteiger partial charge on any atom is -0.496 e. The lowest BCUT2D eigenvalue weighted by Gasteiger charge is -2.04. The summed E-state index contributed by atoms with van der Waals surface area (Å²) in [5.74, 6) is 1.31. The van der Waals surface area contributed by atoms with Crippen LogP contribution in [0.1, 0.15) is 10.4 Å². The number of H-pyrrole nitrogens is 1. The number of hydrogen-bond donors (Lipinski definition) is 1. The Morgan fingerprint density at radius 3 is 2.93 bits per heavy atom. The van der Waals surface area contributed by atoms with Gasteiger partial charge in [0.1, 0.15) is 11.6 Å². The van der Waals surface area contributed by atoms with E-state index in [4.69, 9.17) is 4.74 Å². The number of aromatic nitrogens is 2. The van der Waals surface area contributed by atoms with E-state index in [1.54, 1.807) is 24.5 Å². The number of aldehydes is 1. The van der Waals surface area contributed by atoms with Gasteiger partial charge in [0.05, 0.1) is 12.7 Å². The lowest BCUT2D eigenvalue weighted by Crippen LogP contribution is -1.91. The van der Waals surface area contributed by atoms with Gasteiger partial charge in [-0.15, -0.1) is 0 Å². The Morgan fingerprint density at radius 1 is 1.47 bits per heavy atom. The molecule has 0 spiro atoms. The number of aromatic amines is 1. The van der Waals surface area contributed by atoms with Gasteiger partial charge in [0.25, 0.3) is 0 Å². The van der Waals surface area contributed by atoms with Gasteiger partial charge in [-0.2, -0.15) is 0 Å². The number of nitrogens with zero attached hydrogens (tertiary/aromatic N) is 1. The lowest BCUT2D eigenvalue weighted by atomic mass is 10.1. The molecule has 1 aromatic carbocycles. The van der Waals surface area contributed by atoms with Crippen molar-refractivity contribution in [2.75, 3.05) is 7.11 Å². The third-order valence-corrected chi connectivity index (χ3v) is 2.13. The molecule has 2 aromatic rings. The molecule has 0 saturated carbocycles. The first-order chi connectivity index (χ1) is 7.35. The second-order valence-electron chi connectivity index (χ2n) is 3.01. The molecular weight excluding hydrogens is 192 g/mol. The Balaban J connectivity index is 2.48. The minimum atomic E-state index is 0.520. The van der Waals surface area contributed by atoms with Gasteiger partial charge in [-0.1, -0.05) is 0 Å². The molecule has 76 valence electrons. The zero-order valence-corrected chi connectivity index (χ0v) is 8.23. The van der Waals surface area contributed by atoms with Crippen LogP contribution in [0.4, 0.5) is 0 Å². The van der Waals surface area contributed by atoms with E-state index in [0.29, 0.717) is 11.3 Å². The second-order valence-corrected chi connectivity index (χ2v) is 3.01. The van der Waals surface area contributed by atoms with Crippen LogP contribution in [0.15, 0.2) is 30.6 Å². The third kappa shape index (κ3) is 1.74. The molecule has 2 rings (SSSR count). The molecule has 0 aliphatic heterocycles. The average Bonchev–Trinajstić information content (AvgIpc) is 2.81. The van der Waals surface area contributed by atoms with E-state index >= 15 is 0 Å². The lowest BCUT2D eigenvalue weighted by molar-refractivity contribution is 0.112. The summed E-state index contributed by atoms with van der Waals surface area (Å²) >= 11 is 0. The molecule has 0 amide bonds.